The second-order valence-electron chi connectivity index (χ2n) is 4.50. The van der Waals surface area contributed by atoms with Crippen molar-refractivity contribution in [2.24, 2.45) is 0 Å². The molecule has 0 aliphatic carbocycles. The predicted octanol–water partition coefficient (Wildman–Crippen LogP) is 4.83. The van der Waals surface area contributed by atoms with E-state index in [9.17, 15) is 5.26 Å². The van der Waals surface area contributed by atoms with Crippen LogP contribution in [0, 0.1) is 11.3 Å². The monoisotopic (exact) mass is 358 g/mol. The molecule has 2 heterocycles. The number of rotatable bonds is 5. The largest absolute Gasteiger partial charge is 0.379 e. The lowest BCUT2D eigenvalue weighted by Gasteiger charge is -2.11. The van der Waals surface area contributed by atoms with Gasteiger partial charge in [0, 0.05) is 27.9 Å². The van der Waals surface area contributed by atoms with Crippen molar-refractivity contribution in [1.82, 2.24) is 9.97 Å². The van der Waals surface area contributed by atoms with Gasteiger partial charge in [-0.3, -0.25) is 0 Å². The van der Waals surface area contributed by atoms with Crippen molar-refractivity contribution >= 4 is 40.4 Å². The molecule has 3 rings (SSSR count). The van der Waals surface area contributed by atoms with Crippen LogP contribution in [0.15, 0.2) is 58.7 Å². The van der Waals surface area contributed by atoms with E-state index in [4.69, 9.17) is 11.6 Å². The zero-order chi connectivity index (χ0) is 16.1. The molecule has 0 bridgehead atoms. The highest BCUT2D eigenvalue weighted by Gasteiger charge is 2.09. The molecule has 0 amide bonds. The van der Waals surface area contributed by atoms with E-state index in [1.54, 1.807) is 24.5 Å². The Bertz CT molecular complexity index is 857. The van der Waals surface area contributed by atoms with E-state index < -0.39 is 0 Å². The molecule has 114 valence electrons. The number of halogens is 1. The summed E-state index contributed by atoms with van der Waals surface area (Å²) in [5.41, 5.74) is 1.55. The number of aromatic nitrogens is 2. The molecule has 0 atom stereocenters. The summed E-state index contributed by atoms with van der Waals surface area (Å²) in [5.74, 6) is 0. The molecular weight excluding hydrogens is 348 g/mol. The van der Waals surface area contributed by atoms with Gasteiger partial charge in [0.1, 0.15) is 11.1 Å². The summed E-state index contributed by atoms with van der Waals surface area (Å²) in [6.07, 6.45) is 3.46. The maximum Gasteiger partial charge on any atom is 0.183 e. The van der Waals surface area contributed by atoms with Gasteiger partial charge in [0.25, 0.3) is 0 Å². The average Bonchev–Trinajstić information content (AvgIpc) is 3.00. The Morgan fingerprint density at radius 1 is 1.22 bits per heavy atom. The van der Waals surface area contributed by atoms with Crippen LogP contribution < -0.4 is 5.32 Å². The fourth-order valence-corrected chi connectivity index (χ4v) is 3.77. The van der Waals surface area contributed by atoms with Crippen LogP contribution >= 0.6 is 34.7 Å². The first kappa shape index (κ1) is 15.8. The number of thiazole rings is 1. The molecule has 0 radical (unpaired) electrons. The number of benzene rings is 1. The van der Waals surface area contributed by atoms with Crippen molar-refractivity contribution in [2.45, 2.75) is 16.5 Å². The van der Waals surface area contributed by atoms with Crippen LogP contribution in [0.4, 0.5) is 5.69 Å². The molecule has 0 saturated heterocycles. The highest BCUT2D eigenvalue weighted by molar-refractivity contribution is 7.99. The second-order valence-corrected chi connectivity index (χ2v) is 7.23. The number of hydrogen-bond acceptors (Lipinski definition) is 6. The standard InChI is InChI=1S/C16H11ClN4S2/c17-16-21-10-12(22-16)9-20-13-5-1-2-6-14(13)23-15-11(8-18)4-3-7-19-15/h1-7,10,20H,9H2. The van der Waals surface area contributed by atoms with Crippen molar-refractivity contribution < 1.29 is 0 Å². The Labute approximate surface area is 147 Å². The van der Waals surface area contributed by atoms with Gasteiger partial charge < -0.3 is 5.32 Å². The molecule has 1 N–H and O–H groups in total. The molecule has 2 aromatic heterocycles. The van der Waals surface area contributed by atoms with E-state index in [0.717, 1.165) is 15.5 Å². The van der Waals surface area contributed by atoms with E-state index in [-0.39, 0.29) is 0 Å². The maximum absolute atomic E-state index is 9.18. The van der Waals surface area contributed by atoms with Crippen LogP contribution in [-0.2, 0) is 6.54 Å². The van der Waals surface area contributed by atoms with Gasteiger partial charge in [-0.15, -0.1) is 11.3 Å². The second kappa shape index (κ2) is 7.47. The highest BCUT2D eigenvalue weighted by Crippen LogP contribution is 2.34. The van der Waals surface area contributed by atoms with Crippen LogP contribution in [0.2, 0.25) is 4.47 Å². The number of anilines is 1. The summed E-state index contributed by atoms with van der Waals surface area (Å²) in [7, 11) is 0. The lowest BCUT2D eigenvalue weighted by molar-refractivity contribution is 1.10. The fourth-order valence-electron chi connectivity index (χ4n) is 1.91. The van der Waals surface area contributed by atoms with Crippen LogP contribution in [-0.4, -0.2) is 9.97 Å². The maximum atomic E-state index is 9.18. The highest BCUT2D eigenvalue weighted by atomic mass is 35.5. The molecule has 0 fully saturated rings. The predicted molar refractivity (Wildman–Crippen MR) is 94.0 cm³/mol. The Hall–Kier alpha value is -2.07. The van der Waals surface area contributed by atoms with Crippen LogP contribution in [0.5, 0.6) is 0 Å². The van der Waals surface area contributed by atoms with Crippen molar-refractivity contribution in [1.29, 1.82) is 5.26 Å². The van der Waals surface area contributed by atoms with Crippen LogP contribution in [0.3, 0.4) is 0 Å². The van der Waals surface area contributed by atoms with Crippen LogP contribution in [0.1, 0.15) is 10.4 Å². The quantitative estimate of drug-likeness (QED) is 0.708. The molecule has 0 unspecified atom stereocenters. The summed E-state index contributed by atoms with van der Waals surface area (Å²) in [4.78, 5) is 10.4. The summed E-state index contributed by atoms with van der Waals surface area (Å²) >= 11 is 8.77. The normalized spacial score (nSPS) is 10.3. The van der Waals surface area contributed by atoms with E-state index in [1.165, 1.54) is 23.1 Å². The molecule has 3 aromatic rings. The number of para-hydroxylation sites is 1. The van der Waals surface area contributed by atoms with Gasteiger partial charge in [-0.2, -0.15) is 5.26 Å². The van der Waals surface area contributed by atoms with Crippen molar-refractivity contribution in [3.63, 3.8) is 0 Å². The first-order valence-corrected chi connectivity index (χ1v) is 8.73. The van der Waals surface area contributed by atoms with Crippen molar-refractivity contribution in [3.8, 4) is 6.07 Å². The topological polar surface area (TPSA) is 61.6 Å². The Morgan fingerprint density at radius 2 is 2.09 bits per heavy atom. The Kier molecular flexibility index (Phi) is 5.13. The molecule has 0 spiro atoms. The van der Waals surface area contributed by atoms with Gasteiger partial charge >= 0.3 is 0 Å². The van der Waals surface area contributed by atoms with Gasteiger partial charge in [0.2, 0.25) is 0 Å². The minimum absolute atomic E-state index is 0.539. The van der Waals surface area contributed by atoms with Gasteiger partial charge in [0.05, 0.1) is 12.1 Å². The first-order chi connectivity index (χ1) is 11.3. The van der Waals surface area contributed by atoms with Crippen LogP contribution in [0.25, 0.3) is 0 Å². The number of nitrogens with zero attached hydrogens (tertiary/aromatic N) is 3. The molecule has 7 heteroatoms. The van der Waals surface area contributed by atoms with E-state index in [2.05, 4.69) is 21.4 Å². The smallest absolute Gasteiger partial charge is 0.183 e. The molecule has 4 nitrogen and oxygen atoms in total. The third kappa shape index (κ3) is 4.02. The summed E-state index contributed by atoms with van der Waals surface area (Å²) < 4.78 is 0.539. The number of hydrogen-bond donors (Lipinski definition) is 1. The number of nitrogens with one attached hydrogen (secondary N) is 1. The minimum atomic E-state index is 0.539. The lowest BCUT2D eigenvalue weighted by Crippen LogP contribution is -1.99. The number of pyridine rings is 1. The van der Waals surface area contributed by atoms with Crippen molar-refractivity contribution in [2.75, 3.05) is 5.32 Å². The van der Waals surface area contributed by atoms with Gasteiger partial charge in [-0.25, -0.2) is 9.97 Å². The third-order valence-electron chi connectivity index (χ3n) is 2.96. The molecule has 23 heavy (non-hydrogen) atoms. The van der Waals surface area contributed by atoms with E-state index in [0.29, 0.717) is 21.6 Å². The van der Waals surface area contributed by atoms with Crippen molar-refractivity contribution in [3.05, 3.63) is 63.7 Å². The Balaban J connectivity index is 1.79. The molecule has 0 aliphatic heterocycles. The SMILES string of the molecule is N#Cc1cccnc1Sc1ccccc1NCc1cnc(Cl)s1. The first-order valence-electron chi connectivity index (χ1n) is 6.72. The Morgan fingerprint density at radius 3 is 2.87 bits per heavy atom. The average molecular weight is 359 g/mol. The number of nitriles is 1. The summed E-state index contributed by atoms with van der Waals surface area (Å²) in [6, 6.07) is 13.6. The van der Waals surface area contributed by atoms with E-state index >= 15 is 0 Å². The zero-order valence-corrected chi connectivity index (χ0v) is 14.3. The molecular formula is C16H11ClN4S2. The molecule has 0 saturated carbocycles. The van der Waals surface area contributed by atoms with Gasteiger partial charge in [-0.1, -0.05) is 35.5 Å². The molecule has 0 aliphatic rings. The van der Waals surface area contributed by atoms with E-state index in [1.807, 2.05) is 24.3 Å². The summed E-state index contributed by atoms with van der Waals surface area (Å²) in [5, 5.41) is 13.3. The van der Waals surface area contributed by atoms with Gasteiger partial charge in [0.15, 0.2) is 4.47 Å². The van der Waals surface area contributed by atoms with Gasteiger partial charge in [-0.05, 0) is 24.3 Å². The zero-order valence-electron chi connectivity index (χ0n) is 11.9. The third-order valence-corrected chi connectivity index (χ3v) is 5.17. The summed E-state index contributed by atoms with van der Waals surface area (Å²) in [6.45, 7) is 0.648. The molecule has 1 aromatic carbocycles. The lowest BCUT2D eigenvalue weighted by atomic mass is 10.3. The fraction of sp³-hybridized carbons (Fsp3) is 0.0625. The minimum Gasteiger partial charge on any atom is -0.379 e.